The second-order valence-electron chi connectivity index (χ2n) is 7.57. The Kier molecular flexibility index (Phi) is 5.53. The molecule has 0 N–H and O–H groups in total. The summed E-state index contributed by atoms with van der Waals surface area (Å²) in [7, 11) is 3.35. The molecule has 2 aromatic carbocycles. The van der Waals surface area contributed by atoms with Crippen molar-refractivity contribution >= 4 is 5.91 Å². The fraction of sp³-hybridized carbons (Fsp3) is 0.435. The third-order valence-electron chi connectivity index (χ3n) is 5.99. The molecule has 148 valence electrons. The maximum absolute atomic E-state index is 13.0. The summed E-state index contributed by atoms with van der Waals surface area (Å²) >= 11 is 0. The summed E-state index contributed by atoms with van der Waals surface area (Å²) < 4.78 is 10.9. The van der Waals surface area contributed by atoms with Crippen LogP contribution in [0.25, 0.3) is 0 Å². The first kappa shape index (κ1) is 18.8. The third-order valence-corrected chi connectivity index (χ3v) is 5.99. The minimum absolute atomic E-state index is 0.210. The van der Waals surface area contributed by atoms with Crippen molar-refractivity contribution in [1.29, 1.82) is 0 Å². The first-order chi connectivity index (χ1) is 13.7. The smallest absolute Gasteiger partial charge is 0.237 e. The standard InChI is InChI=1S/C23H28N2O3/c1-27-19-9-10-20(22(14-19)28-2)21-8-5-12-24(21)16-23(26)25-13-11-17-6-3-4-7-18(17)15-25/h3-4,6-7,9-10,14,21H,5,8,11-13,15-16H2,1-2H3. The summed E-state index contributed by atoms with van der Waals surface area (Å²) in [5.74, 6) is 1.83. The molecular weight excluding hydrogens is 352 g/mol. The number of carbonyl (C=O) groups is 1. The van der Waals surface area contributed by atoms with Crippen molar-refractivity contribution in [2.45, 2.75) is 31.8 Å². The van der Waals surface area contributed by atoms with Gasteiger partial charge in [0, 0.05) is 30.8 Å². The second kappa shape index (κ2) is 8.23. The Morgan fingerprint density at radius 1 is 1.07 bits per heavy atom. The highest BCUT2D eigenvalue weighted by atomic mass is 16.5. The van der Waals surface area contributed by atoms with Crippen LogP contribution in [0.2, 0.25) is 0 Å². The van der Waals surface area contributed by atoms with Gasteiger partial charge in [0.25, 0.3) is 0 Å². The van der Waals surface area contributed by atoms with E-state index in [0.29, 0.717) is 6.54 Å². The van der Waals surface area contributed by atoms with Gasteiger partial charge in [-0.2, -0.15) is 0 Å². The molecule has 2 aromatic rings. The zero-order valence-electron chi connectivity index (χ0n) is 16.7. The third kappa shape index (κ3) is 3.72. The molecule has 2 heterocycles. The number of ether oxygens (including phenoxy) is 2. The van der Waals surface area contributed by atoms with Crippen LogP contribution in [0.1, 0.15) is 35.6 Å². The van der Waals surface area contributed by atoms with E-state index < -0.39 is 0 Å². The van der Waals surface area contributed by atoms with Crippen LogP contribution in [-0.4, -0.2) is 49.6 Å². The Hall–Kier alpha value is -2.53. The minimum Gasteiger partial charge on any atom is -0.497 e. The topological polar surface area (TPSA) is 42.0 Å². The second-order valence-corrected chi connectivity index (χ2v) is 7.57. The number of likely N-dealkylation sites (tertiary alicyclic amines) is 1. The molecule has 1 fully saturated rings. The molecule has 1 amide bonds. The fourth-order valence-electron chi connectivity index (χ4n) is 4.44. The lowest BCUT2D eigenvalue weighted by Gasteiger charge is -2.32. The highest BCUT2D eigenvalue weighted by molar-refractivity contribution is 5.78. The molecule has 0 aromatic heterocycles. The van der Waals surface area contributed by atoms with Gasteiger partial charge in [-0.05, 0) is 43.0 Å². The van der Waals surface area contributed by atoms with E-state index in [2.05, 4.69) is 35.2 Å². The Morgan fingerprint density at radius 2 is 1.89 bits per heavy atom. The maximum atomic E-state index is 13.0. The van der Waals surface area contributed by atoms with Crippen LogP contribution >= 0.6 is 0 Å². The van der Waals surface area contributed by atoms with Crippen LogP contribution in [0, 0.1) is 0 Å². The normalized spacial score (nSPS) is 19.4. The number of fused-ring (bicyclic) bond motifs is 1. The highest BCUT2D eigenvalue weighted by Crippen LogP contribution is 2.38. The van der Waals surface area contributed by atoms with Crippen molar-refractivity contribution in [3.63, 3.8) is 0 Å². The van der Waals surface area contributed by atoms with Crippen LogP contribution in [0.3, 0.4) is 0 Å². The number of rotatable bonds is 5. The minimum atomic E-state index is 0.210. The summed E-state index contributed by atoms with van der Waals surface area (Å²) in [6.07, 6.45) is 3.08. The molecule has 1 atom stereocenters. The summed E-state index contributed by atoms with van der Waals surface area (Å²) in [5.41, 5.74) is 3.78. The van der Waals surface area contributed by atoms with Gasteiger partial charge in [-0.15, -0.1) is 0 Å². The summed E-state index contributed by atoms with van der Waals surface area (Å²) in [5, 5.41) is 0. The lowest BCUT2D eigenvalue weighted by Crippen LogP contribution is -2.42. The van der Waals surface area contributed by atoms with Crippen molar-refractivity contribution in [2.75, 3.05) is 33.9 Å². The molecule has 2 aliphatic rings. The van der Waals surface area contributed by atoms with Crippen LogP contribution in [0.4, 0.5) is 0 Å². The lowest BCUT2D eigenvalue weighted by atomic mass is 10.00. The summed E-state index contributed by atoms with van der Waals surface area (Å²) in [6.45, 7) is 2.93. The van der Waals surface area contributed by atoms with Gasteiger partial charge in [-0.25, -0.2) is 0 Å². The molecule has 5 heteroatoms. The van der Waals surface area contributed by atoms with E-state index in [1.165, 1.54) is 11.1 Å². The van der Waals surface area contributed by atoms with Gasteiger partial charge in [-0.1, -0.05) is 30.3 Å². The Bertz CT molecular complexity index is 851. The van der Waals surface area contributed by atoms with Gasteiger partial charge in [0.05, 0.1) is 20.8 Å². The van der Waals surface area contributed by atoms with Crippen LogP contribution in [0.15, 0.2) is 42.5 Å². The Balaban J connectivity index is 1.47. The molecule has 0 bridgehead atoms. The molecule has 4 rings (SSSR count). The van der Waals surface area contributed by atoms with Gasteiger partial charge in [0.2, 0.25) is 5.91 Å². The first-order valence-corrected chi connectivity index (χ1v) is 10.00. The van der Waals surface area contributed by atoms with E-state index in [0.717, 1.165) is 56.0 Å². The van der Waals surface area contributed by atoms with E-state index >= 15 is 0 Å². The van der Waals surface area contributed by atoms with Crippen LogP contribution < -0.4 is 9.47 Å². The van der Waals surface area contributed by atoms with Crippen molar-refractivity contribution in [1.82, 2.24) is 9.80 Å². The SMILES string of the molecule is COc1ccc(C2CCCN2CC(=O)N2CCc3ccccc3C2)c(OC)c1. The molecule has 2 aliphatic heterocycles. The van der Waals surface area contributed by atoms with E-state index in [9.17, 15) is 4.79 Å². The van der Waals surface area contributed by atoms with Crippen LogP contribution in [-0.2, 0) is 17.8 Å². The van der Waals surface area contributed by atoms with Gasteiger partial charge < -0.3 is 14.4 Å². The van der Waals surface area contributed by atoms with E-state index in [4.69, 9.17) is 9.47 Å². The zero-order valence-corrected chi connectivity index (χ0v) is 16.7. The maximum Gasteiger partial charge on any atom is 0.237 e. The predicted molar refractivity (Wildman–Crippen MR) is 109 cm³/mol. The molecule has 1 saturated heterocycles. The highest BCUT2D eigenvalue weighted by Gasteiger charge is 2.31. The average Bonchev–Trinajstić information content (AvgIpc) is 3.20. The zero-order chi connectivity index (χ0) is 19.5. The molecular formula is C23H28N2O3. The summed E-state index contributed by atoms with van der Waals surface area (Å²) in [4.78, 5) is 17.3. The van der Waals surface area contributed by atoms with Crippen molar-refractivity contribution in [3.05, 3.63) is 59.2 Å². The monoisotopic (exact) mass is 380 g/mol. The largest absolute Gasteiger partial charge is 0.497 e. The molecule has 0 aliphatic carbocycles. The molecule has 0 saturated carbocycles. The fourth-order valence-corrected chi connectivity index (χ4v) is 4.44. The molecule has 0 radical (unpaired) electrons. The number of hydrogen-bond donors (Lipinski definition) is 0. The van der Waals surface area contributed by atoms with E-state index in [1.54, 1.807) is 14.2 Å². The molecule has 28 heavy (non-hydrogen) atoms. The summed E-state index contributed by atoms with van der Waals surface area (Å²) in [6, 6.07) is 14.6. The first-order valence-electron chi connectivity index (χ1n) is 10.00. The van der Waals surface area contributed by atoms with E-state index in [1.807, 2.05) is 17.0 Å². The van der Waals surface area contributed by atoms with E-state index in [-0.39, 0.29) is 11.9 Å². The number of nitrogens with zero attached hydrogens (tertiary/aromatic N) is 2. The van der Waals surface area contributed by atoms with Gasteiger partial charge in [0.15, 0.2) is 0 Å². The van der Waals surface area contributed by atoms with Crippen LogP contribution in [0.5, 0.6) is 11.5 Å². The molecule has 5 nitrogen and oxygen atoms in total. The van der Waals surface area contributed by atoms with Gasteiger partial charge >= 0.3 is 0 Å². The number of hydrogen-bond acceptors (Lipinski definition) is 4. The number of methoxy groups -OCH3 is 2. The van der Waals surface area contributed by atoms with Crippen molar-refractivity contribution in [2.24, 2.45) is 0 Å². The Morgan fingerprint density at radius 3 is 2.68 bits per heavy atom. The number of carbonyl (C=O) groups excluding carboxylic acids is 1. The molecule has 1 unspecified atom stereocenters. The van der Waals surface area contributed by atoms with Crippen molar-refractivity contribution < 1.29 is 14.3 Å². The Labute approximate surface area is 166 Å². The average molecular weight is 380 g/mol. The lowest BCUT2D eigenvalue weighted by molar-refractivity contribution is -0.133. The quantitative estimate of drug-likeness (QED) is 0.797. The molecule has 0 spiro atoms. The predicted octanol–water partition coefficient (Wildman–Crippen LogP) is 3.43. The van der Waals surface area contributed by atoms with Gasteiger partial charge in [0.1, 0.15) is 11.5 Å². The van der Waals surface area contributed by atoms with Gasteiger partial charge in [-0.3, -0.25) is 9.69 Å². The number of amides is 1. The van der Waals surface area contributed by atoms with Crippen molar-refractivity contribution in [3.8, 4) is 11.5 Å². The number of benzene rings is 2.